The molecule has 0 unspecified atom stereocenters. The Bertz CT molecular complexity index is 1650. The third kappa shape index (κ3) is 3.67. The molecule has 0 saturated heterocycles. The van der Waals surface area contributed by atoms with Gasteiger partial charge in [0.1, 0.15) is 0 Å². The summed E-state index contributed by atoms with van der Waals surface area (Å²) in [6.45, 7) is 0. The molecule has 0 aliphatic carbocycles. The molecule has 0 saturated carbocycles. The Morgan fingerprint density at radius 3 is 2.32 bits per heavy atom. The highest BCUT2D eigenvalue weighted by Crippen LogP contribution is 2.39. The van der Waals surface area contributed by atoms with Gasteiger partial charge in [0.15, 0.2) is 0 Å². The molecule has 0 amide bonds. The van der Waals surface area contributed by atoms with Gasteiger partial charge < -0.3 is 9.88 Å². The van der Waals surface area contributed by atoms with Crippen molar-refractivity contribution in [2.45, 2.75) is 0 Å². The number of nitrogens with zero attached hydrogens (tertiary/aromatic N) is 1. The van der Waals surface area contributed by atoms with E-state index in [-0.39, 0.29) is 0 Å². The Balaban J connectivity index is 1.54. The summed E-state index contributed by atoms with van der Waals surface area (Å²) >= 11 is 9.83. The maximum Gasteiger partial charge on any atom is 0.0547 e. The summed E-state index contributed by atoms with van der Waals surface area (Å²) in [5.41, 5.74) is 7.86. The molecule has 4 heteroatoms. The van der Waals surface area contributed by atoms with E-state index in [2.05, 4.69) is 123 Å². The van der Waals surface area contributed by atoms with E-state index < -0.39 is 0 Å². The molecule has 1 heterocycles. The van der Waals surface area contributed by atoms with E-state index in [0.717, 1.165) is 27.1 Å². The number of rotatable bonds is 4. The smallest absolute Gasteiger partial charge is 0.0547 e. The number of aromatic nitrogens is 1. The van der Waals surface area contributed by atoms with Crippen LogP contribution in [-0.2, 0) is 0 Å². The van der Waals surface area contributed by atoms with Crippen molar-refractivity contribution in [1.82, 2.24) is 4.57 Å². The van der Waals surface area contributed by atoms with Gasteiger partial charge in [0, 0.05) is 31.6 Å². The monoisotopic (exact) mass is 522 g/mol. The van der Waals surface area contributed by atoms with Crippen LogP contribution in [0.3, 0.4) is 0 Å². The molecule has 34 heavy (non-hydrogen) atoms. The van der Waals surface area contributed by atoms with Gasteiger partial charge in [-0.1, -0.05) is 72.3 Å². The summed E-state index contributed by atoms with van der Waals surface area (Å²) in [4.78, 5) is 0. The molecule has 0 atom stereocenters. The molecule has 1 N–H and O–H groups in total. The largest absolute Gasteiger partial charge is 0.355 e. The molecule has 5 aromatic carbocycles. The van der Waals surface area contributed by atoms with E-state index in [1.807, 2.05) is 18.2 Å². The van der Waals surface area contributed by atoms with Crippen molar-refractivity contribution in [3.63, 3.8) is 0 Å². The summed E-state index contributed by atoms with van der Waals surface area (Å²) in [7, 11) is 0. The van der Waals surface area contributed by atoms with E-state index in [9.17, 15) is 0 Å². The van der Waals surface area contributed by atoms with Crippen molar-refractivity contribution < 1.29 is 0 Å². The van der Waals surface area contributed by atoms with Crippen LogP contribution in [0.1, 0.15) is 0 Å². The van der Waals surface area contributed by atoms with Crippen molar-refractivity contribution in [2.75, 3.05) is 5.32 Å². The Kier molecular flexibility index (Phi) is 5.37. The highest BCUT2D eigenvalue weighted by Gasteiger charge is 2.16. The molecular formula is C30H20BrClN2. The second kappa shape index (κ2) is 8.68. The van der Waals surface area contributed by atoms with Crippen molar-refractivity contribution in [3.05, 3.63) is 125 Å². The molecule has 164 valence electrons. The highest BCUT2D eigenvalue weighted by molar-refractivity contribution is 9.10. The fourth-order valence-corrected chi connectivity index (χ4v) is 5.15. The van der Waals surface area contributed by atoms with E-state index in [1.54, 1.807) is 0 Å². The van der Waals surface area contributed by atoms with Crippen LogP contribution in [0.4, 0.5) is 11.4 Å². The van der Waals surface area contributed by atoms with Crippen molar-refractivity contribution >= 4 is 60.7 Å². The first-order valence-corrected chi connectivity index (χ1v) is 12.3. The van der Waals surface area contributed by atoms with E-state index in [0.29, 0.717) is 5.02 Å². The molecule has 0 aliphatic heterocycles. The quantitative estimate of drug-likeness (QED) is 0.243. The lowest BCUT2D eigenvalue weighted by Crippen LogP contribution is -1.93. The van der Waals surface area contributed by atoms with Crippen LogP contribution in [-0.4, -0.2) is 4.57 Å². The molecule has 0 fully saturated rings. The minimum Gasteiger partial charge on any atom is -0.355 e. The average Bonchev–Trinajstić information content (AvgIpc) is 3.21. The molecular weight excluding hydrogens is 504 g/mol. The Labute approximate surface area is 211 Å². The molecule has 0 bridgehead atoms. The number of hydrogen-bond acceptors (Lipinski definition) is 1. The average molecular weight is 524 g/mol. The fourth-order valence-electron chi connectivity index (χ4n) is 4.63. The minimum atomic E-state index is 0.695. The molecule has 0 radical (unpaired) electrons. The lowest BCUT2D eigenvalue weighted by molar-refractivity contribution is 1.18. The third-order valence-electron chi connectivity index (χ3n) is 6.09. The number of anilines is 2. The van der Waals surface area contributed by atoms with Gasteiger partial charge >= 0.3 is 0 Å². The van der Waals surface area contributed by atoms with Crippen LogP contribution in [0.15, 0.2) is 120 Å². The summed E-state index contributed by atoms with van der Waals surface area (Å²) in [6, 6.07) is 40.0. The summed E-state index contributed by atoms with van der Waals surface area (Å²) in [5.74, 6) is 0. The molecule has 1 aromatic heterocycles. The van der Waals surface area contributed by atoms with Crippen molar-refractivity contribution in [3.8, 4) is 16.8 Å². The van der Waals surface area contributed by atoms with Gasteiger partial charge in [-0.25, -0.2) is 0 Å². The third-order valence-corrected chi connectivity index (χ3v) is 7.02. The molecule has 6 rings (SSSR count). The predicted molar refractivity (Wildman–Crippen MR) is 149 cm³/mol. The predicted octanol–water partition coefficient (Wildman–Crippen LogP) is 9.61. The van der Waals surface area contributed by atoms with Gasteiger partial charge in [0.05, 0.1) is 16.7 Å². The highest BCUT2D eigenvalue weighted by atomic mass is 79.9. The van der Waals surface area contributed by atoms with E-state index in [4.69, 9.17) is 11.6 Å². The van der Waals surface area contributed by atoms with Gasteiger partial charge in [-0.15, -0.1) is 0 Å². The van der Waals surface area contributed by atoms with Crippen LogP contribution in [0, 0.1) is 0 Å². The SMILES string of the molecule is Clc1ccc(Br)c(Nc2cccc(-c3cccc4c3c3ccccc3n4-c3ccccc3)c2)c1. The van der Waals surface area contributed by atoms with E-state index >= 15 is 0 Å². The Morgan fingerprint density at radius 1 is 0.676 bits per heavy atom. The summed E-state index contributed by atoms with van der Waals surface area (Å²) < 4.78 is 3.31. The number of benzene rings is 5. The lowest BCUT2D eigenvalue weighted by atomic mass is 9.99. The maximum atomic E-state index is 6.22. The van der Waals surface area contributed by atoms with Crippen LogP contribution in [0.5, 0.6) is 0 Å². The van der Waals surface area contributed by atoms with Crippen molar-refractivity contribution in [1.29, 1.82) is 0 Å². The first-order chi connectivity index (χ1) is 16.7. The zero-order chi connectivity index (χ0) is 23.1. The van der Waals surface area contributed by atoms with Crippen LogP contribution in [0.25, 0.3) is 38.6 Å². The Hall–Kier alpha value is -3.53. The summed E-state index contributed by atoms with van der Waals surface area (Å²) in [6.07, 6.45) is 0. The maximum absolute atomic E-state index is 6.22. The number of nitrogens with one attached hydrogen (secondary N) is 1. The summed E-state index contributed by atoms with van der Waals surface area (Å²) in [5, 5.41) is 6.69. The van der Waals surface area contributed by atoms with Gasteiger partial charge in [0.2, 0.25) is 0 Å². The molecule has 0 spiro atoms. The molecule has 2 nitrogen and oxygen atoms in total. The number of para-hydroxylation sites is 2. The Morgan fingerprint density at radius 2 is 1.44 bits per heavy atom. The van der Waals surface area contributed by atoms with E-state index in [1.165, 1.54) is 27.4 Å². The molecule has 6 aromatic rings. The van der Waals surface area contributed by atoms with Gasteiger partial charge in [-0.2, -0.15) is 0 Å². The van der Waals surface area contributed by atoms with Crippen molar-refractivity contribution in [2.24, 2.45) is 0 Å². The van der Waals surface area contributed by atoms with Crippen LogP contribution < -0.4 is 5.32 Å². The van der Waals surface area contributed by atoms with Crippen LogP contribution >= 0.6 is 27.5 Å². The second-order valence-electron chi connectivity index (χ2n) is 8.22. The number of halogens is 2. The van der Waals surface area contributed by atoms with Gasteiger partial charge in [-0.05, 0) is 81.7 Å². The first kappa shape index (κ1) is 21.0. The van der Waals surface area contributed by atoms with Crippen LogP contribution in [0.2, 0.25) is 5.02 Å². The van der Waals surface area contributed by atoms with Gasteiger partial charge in [-0.3, -0.25) is 0 Å². The number of fused-ring (bicyclic) bond motifs is 3. The zero-order valence-electron chi connectivity index (χ0n) is 18.2. The minimum absolute atomic E-state index is 0.695. The topological polar surface area (TPSA) is 17.0 Å². The zero-order valence-corrected chi connectivity index (χ0v) is 20.5. The number of hydrogen-bond donors (Lipinski definition) is 1. The standard InChI is InChI=1S/C30H20BrClN2/c31-26-17-16-21(32)19-27(26)33-22-9-6-8-20(18-22)24-13-7-15-29-30(24)25-12-4-5-14-28(25)34(29)23-10-2-1-3-11-23/h1-19,33H. The fraction of sp³-hybridized carbons (Fsp3) is 0. The normalized spacial score (nSPS) is 11.2. The lowest BCUT2D eigenvalue weighted by Gasteiger charge is -2.12. The first-order valence-electron chi connectivity index (χ1n) is 11.1. The molecule has 0 aliphatic rings. The second-order valence-corrected chi connectivity index (χ2v) is 9.51. The van der Waals surface area contributed by atoms with Gasteiger partial charge in [0.25, 0.3) is 0 Å².